The van der Waals surface area contributed by atoms with Crippen molar-refractivity contribution in [1.82, 2.24) is 0 Å². The number of hydrogen-bond acceptors (Lipinski definition) is 2. The second kappa shape index (κ2) is 5.59. The minimum absolute atomic E-state index is 0.379. The minimum atomic E-state index is -0.983. The number of rotatable bonds is 3. The molecule has 2 rings (SSSR count). The molecule has 0 aliphatic carbocycles. The molecule has 0 heterocycles. The molecule has 1 N–H and O–H groups in total. The van der Waals surface area contributed by atoms with E-state index in [1.165, 1.54) is 25.3 Å². The van der Waals surface area contributed by atoms with Gasteiger partial charge in [0, 0.05) is 10.6 Å². The zero-order chi connectivity index (χ0) is 14.0. The molecule has 0 radical (unpaired) electrons. The second-order valence-corrected chi connectivity index (χ2v) is 4.79. The maximum Gasteiger partial charge on any atom is 0.125 e. The number of halogens is 2. The smallest absolute Gasteiger partial charge is 0.125 e. The normalized spacial score (nSPS) is 12.3. The molecule has 0 amide bonds. The van der Waals surface area contributed by atoms with Crippen LogP contribution < -0.4 is 4.74 Å². The summed E-state index contributed by atoms with van der Waals surface area (Å²) in [4.78, 5) is 0. The number of benzene rings is 2. The zero-order valence-electron chi connectivity index (χ0n) is 10.7. The molecule has 0 aliphatic rings. The fourth-order valence-electron chi connectivity index (χ4n) is 2.02. The van der Waals surface area contributed by atoms with Crippen molar-refractivity contribution >= 4 is 11.6 Å². The number of hydrogen-bond donors (Lipinski definition) is 1. The molecule has 0 spiro atoms. The molecule has 0 aromatic heterocycles. The van der Waals surface area contributed by atoms with E-state index in [0.717, 1.165) is 5.56 Å². The Morgan fingerprint density at radius 2 is 1.95 bits per heavy atom. The Kier molecular flexibility index (Phi) is 4.08. The molecule has 0 aliphatic heterocycles. The zero-order valence-corrected chi connectivity index (χ0v) is 11.4. The summed E-state index contributed by atoms with van der Waals surface area (Å²) in [6, 6.07) is 9.30. The first-order chi connectivity index (χ1) is 9.01. The molecule has 1 unspecified atom stereocenters. The van der Waals surface area contributed by atoms with E-state index in [-0.39, 0.29) is 0 Å². The summed E-state index contributed by atoms with van der Waals surface area (Å²) >= 11 is 5.97. The Hall–Kier alpha value is -1.58. The standard InChI is InChI=1S/C15H14ClFO2/c1-9-5-10(7-11(16)6-9)15(18)13-8-12(17)3-4-14(13)19-2/h3-8,15,18H,1-2H3. The highest BCUT2D eigenvalue weighted by Gasteiger charge is 2.17. The summed E-state index contributed by atoms with van der Waals surface area (Å²) in [7, 11) is 1.48. The third-order valence-electron chi connectivity index (χ3n) is 2.87. The van der Waals surface area contributed by atoms with E-state index in [4.69, 9.17) is 16.3 Å². The summed E-state index contributed by atoms with van der Waals surface area (Å²) in [5.41, 5.74) is 1.91. The fraction of sp³-hybridized carbons (Fsp3) is 0.200. The summed E-state index contributed by atoms with van der Waals surface area (Å²) in [6.45, 7) is 1.88. The molecule has 19 heavy (non-hydrogen) atoms. The molecule has 100 valence electrons. The van der Waals surface area contributed by atoms with Gasteiger partial charge >= 0.3 is 0 Å². The van der Waals surface area contributed by atoms with Crippen LogP contribution >= 0.6 is 11.6 Å². The number of aliphatic hydroxyl groups is 1. The Labute approximate surface area is 116 Å². The fourth-order valence-corrected chi connectivity index (χ4v) is 2.32. The Morgan fingerprint density at radius 3 is 2.58 bits per heavy atom. The Balaban J connectivity index is 2.48. The number of ether oxygens (including phenoxy) is 1. The summed E-state index contributed by atoms with van der Waals surface area (Å²) in [5, 5.41) is 10.9. The predicted octanol–water partition coefficient (Wildman–Crippen LogP) is 3.88. The molecule has 0 fully saturated rings. The molecule has 0 bridgehead atoms. The predicted molar refractivity (Wildman–Crippen MR) is 73.2 cm³/mol. The Morgan fingerprint density at radius 1 is 1.21 bits per heavy atom. The van der Waals surface area contributed by atoms with Gasteiger partial charge in [0.1, 0.15) is 17.7 Å². The molecular formula is C15H14ClFO2. The van der Waals surface area contributed by atoms with E-state index < -0.39 is 11.9 Å². The first kappa shape index (κ1) is 13.8. The van der Waals surface area contributed by atoms with Crippen molar-refractivity contribution in [2.75, 3.05) is 7.11 Å². The maximum atomic E-state index is 13.3. The molecule has 2 nitrogen and oxygen atoms in total. The van der Waals surface area contributed by atoms with Crippen LogP contribution in [0, 0.1) is 12.7 Å². The van der Waals surface area contributed by atoms with E-state index >= 15 is 0 Å². The van der Waals surface area contributed by atoms with Crippen LogP contribution in [0.2, 0.25) is 5.02 Å². The van der Waals surface area contributed by atoms with Crippen molar-refractivity contribution in [3.05, 3.63) is 63.9 Å². The molecular weight excluding hydrogens is 267 g/mol. The van der Waals surface area contributed by atoms with Crippen LogP contribution in [0.5, 0.6) is 5.75 Å². The summed E-state index contributed by atoms with van der Waals surface area (Å²) in [5.74, 6) is 0.0140. The number of aliphatic hydroxyl groups excluding tert-OH is 1. The van der Waals surface area contributed by atoms with Gasteiger partial charge in [-0.1, -0.05) is 17.7 Å². The van der Waals surface area contributed by atoms with Gasteiger partial charge in [-0.05, 0) is 48.4 Å². The van der Waals surface area contributed by atoms with Gasteiger partial charge in [-0.15, -0.1) is 0 Å². The highest BCUT2D eigenvalue weighted by atomic mass is 35.5. The van der Waals surface area contributed by atoms with Crippen molar-refractivity contribution in [2.45, 2.75) is 13.0 Å². The maximum absolute atomic E-state index is 13.3. The van der Waals surface area contributed by atoms with Crippen LogP contribution in [-0.2, 0) is 0 Å². The monoisotopic (exact) mass is 280 g/mol. The van der Waals surface area contributed by atoms with Crippen molar-refractivity contribution in [1.29, 1.82) is 0 Å². The van der Waals surface area contributed by atoms with Gasteiger partial charge in [0.05, 0.1) is 7.11 Å². The molecule has 2 aromatic rings. The molecule has 2 aromatic carbocycles. The largest absolute Gasteiger partial charge is 0.496 e. The second-order valence-electron chi connectivity index (χ2n) is 4.35. The van der Waals surface area contributed by atoms with Crippen LogP contribution in [0.15, 0.2) is 36.4 Å². The van der Waals surface area contributed by atoms with Crippen molar-refractivity contribution in [3.8, 4) is 5.75 Å². The summed E-state index contributed by atoms with van der Waals surface area (Å²) in [6.07, 6.45) is -0.983. The third kappa shape index (κ3) is 3.06. The quantitative estimate of drug-likeness (QED) is 0.924. The van der Waals surface area contributed by atoms with E-state index in [0.29, 0.717) is 21.9 Å². The van der Waals surface area contributed by atoms with Gasteiger partial charge in [0.2, 0.25) is 0 Å². The molecule has 0 saturated heterocycles. The lowest BCUT2D eigenvalue weighted by Crippen LogP contribution is -2.03. The lowest BCUT2D eigenvalue weighted by molar-refractivity contribution is 0.214. The van der Waals surface area contributed by atoms with E-state index in [1.54, 1.807) is 18.2 Å². The van der Waals surface area contributed by atoms with E-state index in [1.807, 2.05) is 6.92 Å². The van der Waals surface area contributed by atoms with Crippen LogP contribution in [0.4, 0.5) is 4.39 Å². The highest BCUT2D eigenvalue weighted by Crippen LogP contribution is 2.32. The number of methoxy groups -OCH3 is 1. The van der Waals surface area contributed by atoms with Crippen LogP contribution in [0.25, 0.3) is 0 Å². The SMILES string of the molecule is COc1ccc(F)cc1C(O)c1cc(C)cc(Cl)c1. The highest BCUT2D eigenvalue weighted by molar-refractivity contribution is 6.30. The van der Waals surface area contributed by atoms with Gasteiger partial charge in [-0.2, -0.15) is 0 Å². The summed E-state index contributed by atoms with van der Waals surface area (Å²) < 4.78 is 18.5. The van der Waals surface area contributed by atoms with E-state index in [2.05, 4.69) is 0 Å². The third-order valence-corrected chi connectivity index (χ3v) is 3.08. The van der Waals surface area contributed by atoms with Gasteiger partial charge in [-0.3, -0.25) is 0 Å². The van der Waals surface area contributed by atoms with Crippen LogP contribution in [0.3, 0.4) is 0 Å². The molecule has 4 heteroatoms. The molecule has 1 atom stereocenters. The van der Waals surface area contributed by atoms with Crippen molar-refractivity contribution in [2.24, 2.45) is 0 Å². The molecule has 0 saturated carbocycles. The van der Waals surface area contributed by atoms with Crippen molar-refractivity contribution < 1.29 is 14.2 Å². The first-order valence-electron chi connectivity index (χ1n) is 5.80. The van der Waals surface area contributed by atoms with E-state index in [9.17, 15) is 9.50 Å². The van der Waals surface area contributed by atoms with Gasteiger partial charge < -0.3 is 9.84 Å². The van der Waals surface area contributed by atoms with Crippen molar-refractivity contribution in [3.63, 3.8) is 0 Å². The number of aryl methyl sites for hydroxylation is 1. The lowest BCUT2D eigenvalue weighted by Gasteiger charge is -2.16. The minimum Gasteiger partial charge on any atom is -0.496 e. The topological polar surface area (TPSA) is 29.5 Å². The first-order valence-corrected chi connectivity index (χ1v) is 6.17. The van der Waals surface area contributed by atoms with Crippen LogP contribution in [-0.4, -0.2) is 12.2 Å². The van der Waals surface area contributed by atoms with Gasteiger partial charge in [0.25, 0.3) is 0 Å². The average molecular weight is 281 g/mol. The van der Waals surface area contributed by atoms with Gasteiger partial charge in [-0.25, -0.2) is 4.39 Å². The Bertz CT molecular complexity index is 578. The van der Waals surface area contributed by atoms with Gasteiger partial charge in [0.15, 0.2) is 0 Å². The lowest BCUT2D eigenvalue weighted by atomic mass is 9.99. The average Bonchev–Trinajstić information content (AvgIpc) is 2.36. The van der Waals surface area contributed by atoms with Crippen LogP contribution in [0.1, 0.15) is 22.8 Å².